The second kappa shape index (κ2) is 13.3. The first-order chi connectivity index (χ1) is 16.9. The van der Waals surface area contributed by atoms with Gasteiger partial charge in [-0.1, -0.05) is 91.1 Å². The lowest BCUT2D eigenvalue weighted by Crippen LogP contribution is -2.51. The Morgan fingerprint density at radius 2 is 1.69 bits per heavy atom. The number of carbonyl (C=O) groups excluding carboxylic acids is 2. The van der Waals surface area contributed by atoms with Crippen LogP contribution in [0.4, 0.5) is 4.39 Å². The molecule has 1 unspecified atom stereocenters. The molecule has 0 aliphatic heterocycles. The Labute approximate surface area is 216 Å². The fourth-order valence-corrected chi connectivity index (χ4v) is 4.27. The van der Waals surface area contributed by atoms with Crippen molar-refractivity contribution < 1.29 is 14.0 Å². The van der Waals surface area contributed by atoms with Crippen LogP contribution in [0, 0.1) is 5.82 Å². The van der Waals surface area contributed by atoms with Gasteiger partial charge in [-0.15, -0.1) is 0 Å². The van der Waals surface area contributed by atoms with Gasteiger partial charge < -0.3 is 10.2 Å². The zero-order valence-corrected chi connectivity index (χ0v) is 21.2. The number of halogens is 3. The van der Waals surface area contributed by atoms with E-state index in [1.807, 2.05) is 37.3 Å². The highest BCUT2D eigenvalue weighted by Crippen LogP contribution is 2.25. The lowest BCUT2D eigenvalue weighted by Gasteiger charge is -2.32. The van der Waals surface area contributed by atoms with E-state index in [-0.39, 0.29) is 30.3 Å². The van der Waals surface area contributed by atoms with E-state index < -0.39 is 11.9 Å². The van der Waals surface area contributed by atoms with Crippen molar-refractivity contribution in [3.63, 3.8) is 0 Å². The fraction of sp³-hybridized carbons (Fsp3) is 0.286. The zero-order chi connectivity index (χ0) is 25.2. The van der Waals surface area contributed by atoms with Crippen LogP contribution in [0.25, 0.3) is 0 Å². The third-order valence-corrected chi connectivity index (χ3v) is 6.34. The van der Waals surface area contributed by atoms with Gasteiger partial charge in [-0.25, -0.2) is 4.39 Å². The van der Waals surface area contributed by atoms with Crippen LogP contribution >= 0.6 is 23.2 Å². The first-order valence-corrected chi connectivity index (χ1v) is 12.4. The van der Waals surface area contributed by atoms with Crippen LogP contribution in [0.2, 0.25) is 10.0 Å². The molecule has 0 aliphatic rings. The molecule has 4 nitrogen and oxygen atoms in total. The molecule has 0 saturated heterocycles. The number of unbranched alkanes of at least 4 members (excludes halogenated alkanes) is 1. The van der Waals surface area contributed by atoms with E-state index in [9.17, 15) is 14.0 Å². The third kappa shape index (κ3) is 7.81. The smallest absolute Gasteiger partial charge is 0.243 e. The minimum Gasteiger partial charge on any atom is -0.354 e. The molecule has 1 atom stereocenters. The summed E-state index contributed by atoms with van der Waals surface area (Å²) in [5.41, 5.74) is 1.83. The molecule has 3 aromatic rings. The summed E-state index contributed by atoms with van der Waals surface area (Å²) < 4.78 is 14.4. The molecule has 3 rings (SSSR count). The third-order valence-electron chi connectivity index (χ3n) is 5.76. The van der Waals surface area contributed by atoms with Crippen LogP contribution in [0.15, 0.2) is 72.8 Å². The van der Waals surface area contributed by atoms with E-state index in [0.29, 0.717) is 28.6 Å². The topological polar surface area (TPSA) is 49.4 Å². The van der Waals surface area contributed by atoms with Crippen LogP contribution in [0.3, 0.4) is 0 Å². The van der Waals surface area contributed by atoms with Crippen molar-refractivity contribution in [2.75, 3.05) is 6.54 Å². The van der Waals surface area contributed by atoms with E-state index in [4.69, 9.17) is 23.2 Å². The van der Waals surface area contributed by atoms with Gasteiger partial charge in [0.15, 0.2) is 0 Å². The number of nitrogens with one attached hydrogen (secondary N) is 1. The second-order valence-corrected chi connectivity index (χ2v) is 9.22. The SMILES string of the molecule is CCCCNC(=O)C(Cc1ccccc1)N(Cc1ccc(Cl)cc1Cl)C(=O)Cc1ccccc1F. The molecule has 3 aromatic carbocycles. The van der Waals surface area contributed by atoms with E-state index in [2.05, 4.69) is 5.32 Å². The Morgan fingerprint density at radius 1 is 0.971 bits per heavy atom. The van der Waals surface area contributed by atoms with Crippen LogP contribution in [-0.2, 0) is 29.0 Å². The first kappa shape index (κ1) is 26.7. The maximum atomic E-state index is 14.4. The average Bonchev–Trinajstić information content (AvgIpc) is 2.84. The minimum atomic E-state index is -0.805. The summed E-state index contributed by atoms with van der Waals surface area (Å²) >= 11 is 12.5. The highest BCUT2D eigenvalue weighted by molar-refractivity contribution is 6.35. The van der Waals surface area contributed by atoms with Gasteiger partial charge in [-0.3, -0.25) is 9.59 Å². The fourth-order valence-electron chi connectivity index (χ4n) is 3.80. The molecule has 0 fully saturated rings. The number of rotatable bonds is 11. The maximum Gasteiger partial charge on any atom is 0.243 e. The zero-order valence-electron chi connectivity index (χ0n) is 19.6. The molecular formula is C28H29Cl2FN2O2. The summed E-state index contributed by atoms with van der Waals surface area (Å²) in [6.45, 7) is 2.64. The van der Waals surface area contributed by atoms with E-state index in [0.717, 1.165) is 18.4 Å². The number of hydrogen-bond donors (Lipinski definition) is 1. The van der Waals surface area contributed by atoms with Crippen molar-refractivity contribution in [1.29, 1.82) is 0 Å². The number of hydrogen-bond acceptors (Lipinski definition) is 2. The van der Waals surface area contributed by atoms with Crippen LogP contribution in [0.1, 0.15) is 36.5 Å². The molecular weight excluding hydrogens is 486 g/mol. The molecule has 1 N–H and O–H groups in total. The normalized spacial score (nSPS) is 11.7. The summed E-state index contributed by atoms with van der Waals surface area (Å²) in [5.74, 6) is -1.08. The Hall–Kier alpha value is -2.89. The van der Waals surface area contributed by atoms with Crippen LogP contribution in [-0.4, -0.2) is 29.3 Å². The highest BCUT2D eigenvalue weighted by atomic mass is 35.5. The molecule has 7 heteroatoms. The summed E-state index contributed by atoms with van der Waals surface area (Å²) in [4.78, 5) is 28.5. The van der Waals surface area contributed by atoms with Gasteiger partial charge >= 0.3 is 0 Å². The largest absolute Gasteiger partial charge is 0.354 e. The number of amides is 2. The maximum absolute atomic E-state index is 14.4. The van der Waals surface area contributed by atoms with Gasteiger partial charge in [0.05, 0.1) is 6.42 Å². The van der Waals surface area contributed by atoms with Crippen LogP contribution in [0.5, 0.6) is 0 Å². The predicted octanol–water partition coefficient (Wildman–Crippen LogP) is 6.23. The van der Waals surface area contributed by atoms with Crippen molar-refractivity contribution >= 4 is 35.0 Å². The van der Waals surface area contributed by atoms with Crippen molar-refractivity contribution in [3.8, 4) is 0 Å². The minimum absolute atomic E-state index is 0.0853. The molecule has 0 aromatic heterocycles. The molecule has 184 valence electrons. The van der Waals surface area contributed by atoms with Crippen molar-refractivity contribution in [1.82, 2.24) is 10.2 Å². The van der Waals surface area contributed by atoms with Crippen molar-refractivity contribution in [3.05, 3.63) is 105 Å². The van der Waals surface area contributed by atoms with Gasteiger partial charge in [0.2, 0.25) is 11.8 Å². The average molecular weight is 515 g/mol. The van der Waals surface area contributed by atoms with Gasteiger partial charge in [-0.2, -0.15) is 0 Å². The van der Waals surface area contributed by atoms with E-state index in [1.54, 1.807) is 36.4 Å². The van der Waals surface area contributed by atoms with Crippen LogP contribution < -0.4 is 5.32 Å². The molecule has 0 aliphatic carbocycles. The number of carbonyl (C=O) groups is 2. The number of benzene rings is 3. The Kier molecular flexibility index (Phi) is 10.1. The molecule has 0 bridgehead atoms. The Bertz CT molecular complexity index is 1140. The summed E-state index contributed by atoms with van der Waals surface area (Å²) in [6.07, 6.45) is 1.90. The predicted molar refractivity (Wildman–Crippen MR) is 139 cm³/mol. The van der Waals surface area contributed by atoms with Gasteiger partial charge in [-0.05, 0) is 41.3 Å². The second-order valence-electron chi connectivity index (χ2n) is 8.38. The standard InChI is InChI=1S/C28H29Cl2FN2O2/c1-2-3-15-32-28(35)26(16-20-9-5-4-6-10-20)33(19-22-13-14-23(29)18-24(22)30)27(34)17-21-11-7-8-12-25(21)31/h4-14,18,26H,2-3,15-17,19H2,1H3,(H,32,35). The summed E-state index contributed by atoms with van der Waals surface area (Å²) in [5, 5.41) is 3.83. The monoisotopic (exact) mass is 514 g/mol. The quantitative estimate of drug-likeness (QED) is 0.308. The molecule has 0 saturated carbocycles. The molecule has 2 amide bonds. The highest BCUT2D eigenvalue weighted by Gasteiger charge is 2.31. The van der Waals surface area contributed by atoms with Gasteiger partial charge in [0.1, 0.15) is 11.9 Å². The summed E-state index contributed by atoms with van der Waals surface area (Å²) in [6, 6.07) is 19.9. The van der Waals surface area contributed by atoms with E-state index in [1.165, 1.54) is 11.0 Å². The molecule has 0 spiro atoms. The van der Waals surface area contributed by atoms with Gasteiger partial charge in [0, 0.05) is 29.6 Å². The molecule has 0 radical (unpaired) electrons. The Balaban J connectivity index is 1.98. The van der Waals surface area contributed by atoms with Crippen molar-refractivity contribution in [2.24, 2.45) is 0 Å². The lowest BCUT2D eigenvalue weighted by atomic mass is 10.0. The van der Waals surface area contributed by atoms with E-state index >= 15 is 0 Å². The lowest BCUT2D eigenvalue weighted by molar-refractivity contribution is -0.140. The molecule has 0 heterocycles. The Morgan fingerprint density at radius 3 is 2.37 bits per heavy atom. The summed E-state index contributed by atoms with van der Waals surface area (Å²) in [7, 11) is 0. The van der Waals surface area contributed by atoms with Gasteiger partial charge in [0.25, 0.3) is 0 Å². The first-order valence-electron chi connectivity index (χ1n) is 11.7. The molecule has 35 heavy (non-hydrogen) atoms. The van der Waals surface area contributed by atoms with Crippen molar-refractivity contribution in [2.45, 2.75) is 45.2 Å². The number of nitrogens with zero attached hydrogens (tertiary/aromatic N) is 1.